The molecule has 20 heavy (non-hydrogen) atoms. The molecule has 1 aromatic carbocycles. The van der Waals surface area contributed by atoms with Crippen LogP contribution in [0.15, 0.2) is 30.5 Å². The van der Waals surface area contributed by atoms with Gasteiger partial charge in [-0.25, -0.2) is 0 Å². The third-order valence-corrected chi connectivity index (χ3v) is 2.99. The zero-order valence-corrected chi connectivity index (χ0v) is 11.4. The van der Waals surface area contributed by atoms with Crippen molar-refractivity contribution in [3.05, 3.63) is 36.0 Å². The number of carbonyl (C=O) groups is 2. The number of carbonyl (C=O) groups excluding carboxylic acids is 2. The minimum atomic E-state index is -0.227. The van der Waals surface area contributed by atoms with Crippen molar-refractivity contribution in [3.63, 3.8) is 0 Å². The predicted molar refractivity (Wildman–Crippen MR) is 76.5 cm³/mol. The lowest BCUT2D eigenvalue weighted by molar-refractivity contribution is -0.143. The third-order valence-electron chi connectivity index (χ3n) is 2.99. The standard InChI is InChI=1S/C15H18N2O3/c1-2-20-14(18)7-4-9-17-15(19)12-5-3-6-13-11(12)8-10-16-13/h3,5-6,8,10,16H,2,4,7,9H2,1H3,(H,17,19). The molecule has 106 valence electrons. The third kappa shape index (κ3) is 3.38. The van der Waals surface area contributed by atoms with E-state index in [4.69, 9.17) is 4.74 Å². The molecule has 5 heteroatoms. The van der Waals surface area contributed by atoms with Gasteiger partial charge < -0.3 is 15.0 Å². The van der Waals surface area contributed by atoms with Gasteiger partial charge in [0.25, 0.3) is 5.91 Å². The number of aromatic nitrogens is 1. The summed E-state index contributed by atoms with van der Waals surface area (Å²) in [6.45, 7) is 2.62. The Morgan fingerprint density at radius 2 is 2.15 bits per heavy atom. The minimum Gasteiger partial charge on any atom is -0.466 e. The predicted octanol–water partition coefficient (Wildman–Crippen LogP) is 2.24. The van der Waals surface area contributed by atoms with Gasteiger partial charge in [-0.3, -0.25) is 9.59 Å². The Morgan fingerprint density at radius 3 is 2.95 bits per heavy atom. The Bertz CT molecular complexity index is 604. The van der Waals surface area contributed by atoms with Gasteiger partial charge in [-0.2, -0.15) is 0 Å². The van der Waals surface area contributed by atoms with E-state index in [1.165, 1.54) is 0 Å². The number of benzene rings is 1. The first-order chi connectivity index (χ1) is 9.72. The maximum Gasteiger partial charge on any atom is 0.305 e. The average Bonchev–Trinajstić information content (AvgIpc) is 2.91. The highest BCUT2D eigenvalue weighted by atomic mass is 16.5. The topological polar surface area (TPSA) is 71.2 Å². The van der Waals surface area contributed by atoms with Crippen LogP contribution in [0, 0.1) is 0 Å². The number of fused-ring (bicyclic) bond motifs is 1. The summed E-state index contributed by atoms with van der Waals surface area (Å²) in [7, 11) is 0. The van der Waals surface area contributed by atoms with Crippen molar-refractivity contribution >= 4 is 22.8 Å². The highest BCUT2D eigenvalue weighted by Gasteiger charge is 2.10. The molecule has 0 bridgehead atoms. The number of rotatable bonds is 6. The number of nitrogens with one attached hydrogen (secondary N) is 2. The van der Waals surface area contributed by atoms with Crippen molar-refractivity contribution < 1.29 is 14.3 Å². The second kappa shape index (κ2) is 6.75. The van der Waals surface area contributed by atoms with Crippen LogP contribution in [0.3, 0.4) is 0 Å². The Balaban J connectivity index is 1.86. The number of ether oxygens (including phenoxy) is 1. The van der Waals surface area contributed by atoms with Crippen LogP contribution >= 0.6 is 0 Å². The van der Waals surface area contributed by atoms with Crippen molar-refractivity contribution in [3.8, 4) is 0 Å². The van der Waals surface area contributed by atoms with E-state index in [2.05, 4.69) is 10.3 Å². The number of esters is 1. The molecule has 1 heterocycles. The first-order valence-electron chi connectivity index (χ1n) is 6.72. The summed E-state index contributed by atoms with van der Waals surface area (Å²) >= 11 is 0. The summed E-state index contributed by atoms with van der Waals surface area (Å²) in [6, 6.07) is 7.43. The lowest BCUT2D eigenvalue weighted by Crippen LogP contribution is -2.25. The van der Waals surface area contributed by atoms with Crippen molar-refractivity contribution in [1.82, 2.24) is 10.3 Å². The summed E-state index contributed by atoms with van der Waals surface area (Å²) in [5.41, 5.74) is 1.57. The first kappa shape index (κ1) is 14.1. The van der Waals surface area contributed by atoms with Crippen LogP contribution in [-0.4, -0.2) is 30.0 Å². The van der Waals surface area contributed by atoms with Crippen molar-refractivity contribution in [2.45, 2.75) is 19.8 Å². The highest BCUT2D eigenvalue weighted by molar-refractivity contribution is 6.06. The van der Waals surface area contributed by atoms with Crippen LogP contribution in [0.1, 0.15) is 30.1 Å². The van der Waals surface area contributed by atoms with E-state index in [-0.39, 0.29) is 11.9 Å². The van der Waals surface area contributed by atoms with Gasteiger partial charge in [-0.15, -0.1) is 0 Å². The van der Waals surface area contributed by atoms with Gasteiger partial charge in [0.1, 0.15) is 0 Å². The number of hydrogen-bond acceptors (Lipinski definition) is 3. The average molecular weight is 274 g/mol. The first-order valence-corrected chi connectivity index (χ1v) is 6.72. The quantitative estimate of drug-likeness (QED) is 0.627. The summed E-state index contributed by atoms with van der Waals surface area (Å²) in [5.74, 6) is -0.353. The van der Waals surface area contributed by atoms with E-state index in [1.807, 2.05) is 24.4 Å². The lowest BCUT2D eigenvalue weighted by Gasteiger charge is -2.06. The van der Waals surface area contributed by atoms with Gasteiger partial charge in [0.05, 0.1) is 6.61 Å². The normalized spacial score (nSPS) is 10.4. The molecular formula is C15H18N2O3. The molecule has 2 N–H and O–H groups in total. The molecular weight excluding hydrogens is 256 g/mol. The fraction of sp³-hybridized carbons (Fsp3) is 0.333. The Hall–Kier alpha value is -2.30. The molecule has 1 amide bonds. The van der Waals surface area contributed by atoms with E-state index in [0.717, 1.165) is 10.9 Å². The monoisotopic (exact) mass is 274 g/mol. The summed E-state index contributed by atoms with van der Waals surface area (Å²) < 4.78 is 4.83. The van der Waals surface area contributed by atoms with E-state index in [9.17, 15) is 9.59 Å². The molecule has 2 rings (SSSR count). The number of hydrogen-bond donors (Lipinski definition) is 2. The summed E-state index contributed by atoms with van der Waals surface area (Å²) in [4.78, 5) is 26.3. The Morgan fingerprint density at radius 1 is 1.30 bits per heavy atom. The molecule has 0 radical (unpaired) electrons. The van der Waals surface area contributed by atoms with Gasteiger partial charge in [0.15, 0.2) is 0 Å². The molecule has 0 unspecified atom stereocenters. The van der Waals surface area contributed by atoms with Gasteiger partial charge in [-0.05, 0) is 31.5 Å². The second-order valence-electron chi connectivity index (χ2n) is 4.41. The lowest BCUT2D eigenvalue weighted by atomic mass is 10.1. The van der Waals surface area contributed by atoms with Gasteiger partial charge in [0, 0.05) is 35.6 Å². The molecule has 0 atom stereocenters. The van der Waals surface area contributed by atoms with E-state index >= 15 is 0 Å². The molecule has 0 saturated heterocycles. The maximum atomic E-state index is 12.1. The SMILES string of the molecule is CCOC(=O)CCCNC(=O)c1cccc2[nH]ccc12. The number of aromatic amines is 1. The minimum absolute atomic E-state index is 0.126. The molecule has 0 aliphatic heterocycles. The number of amides is 1. The van der Waals surface area contributed by atoms with Gasteiger partial charge in [0.2, 0.25) is 0 Å². The van der Waals surface area contributed by atoms with Crippen LogP contribution in [0.4, 0.5) is 0 Å². The zero-order valence-electron chi connectivity index (χ0n) is 11.4. The van der Waals surface area contributed by atoms with Crippen LogP contribution in [-0.2, 0) is 9.53 Å². The van der Waals surface area contributed by atoms with Gasteiger partial charge in [-0.1, -0.05) is 6.07 Å². The molecule has 0 saturated carbocycles. The fourth-order valence-corrected chi connectivity index (χ4v) is 2.05. The summed E-state index contributed by atoms with van der Waals surface area (Å²) in [5, 5.41) is 3.72. The smallest absolute Gasteiger partial charge is 0.305 e. The Kier molecular flexibility index (Phi) is 4.76. The fourth-order valence-electron chi connectivity index (χ4n) is 2.05. The van der Waals surface area contributed by atoms with E-state index < -0.39 is 0 Å². The van der Waals surface area contributed by atoms with Crippen LogP contribution in [0.25, 0.3) is 10.9 Å². The molecule has 1 aromatic heterocycles. The second-order valence-corrected chi connectivity index (χ2v) is 4.41. The summed E-state index contributed by atoms with van der Waals surface area (Å²) in [6.07, 6.45) is 2.71. The number of H-pyrrole nitrogens is 1. The molecule has 0 fully saturated rings. The zero-order chi connectivity index (χ0) is 14.4. The van der Waals surface area contributed by atoms with Crippen LogP contribution in [0.2, 0.25) is 0 Å². The largest absolute Gasteiger partial charge is 0.466 e. The molecule has 5 nitrogen and oxygen atoms in total. The van der Waals surface area contributed by atoms with Crippen molar-refractivity contribution in [2.75, 3.05) is 13.2 Å². The van der Waals surface area contributed by atoms with Crippen LogP contribution in [0.5, 0.6) is 0 Å². The van der Waals surface area contributed by atoms with Crippen molar-refractivity contribution in [2.24, 2.45) is 0 Å². The van der Waals surface area contributed by atoms with E-state index in [0.29, 0.717) is 31.6 Å². The van der Waals surface area contributed by atoms with E-state index in [1.54, 1.807) is 13.0 Å². The molecule has 0 aliphatic carbocycles. The van der Waals surface area contributed by atoms with Gasteiger partial charge >= 0.3 is 5.97 Å². The highest BCUT2D eigenvalue weighted by Crippen LogP contribution is 2.17. The molecule has 2 aromatic rings. The molecule has 0 spiro atoms. The molecule has 0 aliphatic rings. The Labute approximate surface area is 117 Å². The van der Waals surface area contributed by atoms with Crippen molar-refractivity contribution in [1.29, 1.82) is 0 Å². The maximum absolute atomic E-state index is 12.1. The van der Waals surface area contributed by atoms with Crippen LogP contribution < -0.4 is 5.32 Å².